The molecule has 3 atom stereocenters. The van der Waals surface area contributed by atoms with Crippen LogP contribution >= 0.6 is 0 Å². The number of hydrogen-bond acceptors (Lipinski definition) is 3. The van der Waals surface area contributed by atoms with Crippen molar-refractivity contribution in [2.45, 2.75) is 25.3 Å². The number of aromatic carboxylic acids is 2. The van der Waals surface area contributed by atoms with E-state index in [1.165, 1.54) is 0 Å². The Balaban J connectivity index is 1.78. The molecule has 5 heteroatoms. The molecule has 0 fully saturated rings. The van der Waals surface area contributed by atoms with Crippen LogP contribution in [0.1, 0.15) is 55.8 Å². The average Bonchev–Trinajstić information content (AvgIpc) is 3.11. The molecular formula is C21H19NO4. The number of hydrogen-bond donors (Lipinski definition) is 3. The van der Waals surface area contributed by atoms with Gasteiger partial charge in [-0.15, -0.1) is 0 Å². The van der Waals surface area contributed by atoms with Gasteiger partial charge < -0.3 is 15.5 Å². The second kappa shape index (κ2) is 6.02. The van der Waals surface area contributed by atoms with E-state index in [-0.39, 0.29) is 17.5 Å². The van der Waals surface area contributed by atoms with Crippen LogP contribution in [0.2, 0.25) is 0 Å². The standard InChI is InChI=1S/C21H19NO4/c1-11-14(21(25)26)9-10-17-15-3-2-4-16(15)19(22-18(11)17)12-5-7-13(8-6-12)20(23)24/h2-3,5-10,15-16,19,22H,4H2,1H3,(H,23,24)(H,25,26)/t15-,16+,19+/m1/s1. The van der Waals surface area contributed by atoms with E-state index in [9.17, 15) is 14.7 Å². The summed E-state index contributed by atoms with van der Waals surface area (Å²) in [5.74, 6) is -1.32. The minimum atomic E-state index is -0.944. The Morgan fingerprint density at radius 2 is 1.77 bits per heavy atom. The molecule has 0 amide bonds. The van der Waals surface area contributed by atoms with Crippen LogP contribution in [0.4, 0.5) is 5.69 Å². The first-order valence-electron chi connectivity index (χ1n) is 8.60. The summed E-state index contributed by atoms with van der Waals surface area (Å²) in [5.41, 5.74) is 4.32. The van der Waals surface area contributed by atoms with Gasteiger partial charge in [0, 0.05) is 11.6 Å². The Morgan fingerprint density at radius 3 is 2.42 bits per heavy atom. The molecule has 0 saturated heterocycles. The van der Waals surface area contributed by atoms with E-state index in [0.29, 0.717) is 11.5 Å². The molecule has 0 bridgehead atoms. The Morgan fingerprint density at radius 1 is 1.04 bits per heavy atom. The number of carbonyl (C=O) groups is 2. The van der Waals surface area contributed by atoms with Gasteiger partial charge in [0.1, 0.15) is 0 Å². The zero-order chi connectivity index (χ0) is 18.4. The van der Waals surface area contributed by atoms with Gasteiger partial charge in [-0.1, -0.05) is 30.4 Å². The molecule has 26 heavy (non-hydrogen) atoms. The first kappa shape index (κ1) is 16.4. The van der Waals surface area contributed by atoms with Crippen LogP contribution in [0.5, 0.6) is 0 Å². The van der Waals surface area contributed by atoms with E-state index < -0.39 is 11.9 Å². The third-order valence-corrected chi connectivity index (χ3v) is 5.54. The van der Waals surface area contributed by atoms with E-state index in [4.69, 9.17) is 5.11 Å². The molecule has 5 nitrogen and oxygen atoms in total. The maximum absolute atomic E-state index is 11.5. The fourth-order valence-electron chi connectivity index (χ4n) is 4.21. The molecule has 1 aliphatic heterocycles. The van der Waals surface area contributed by atoms with E-state index in [1.54, 1.807) is 18.2 Å². The van der Waals surface area contributed by atoms with Crippen LogP contribution in [-0.4, -0.2) is 22.2 Å². The summed E-state index contributed by atoms with van der Waals surface area (Å²) in [6.07, 6.45) is 5.30. The number of nitrogens with one attached hydrogen (secondary N) is 1. The largest absolute Gasteiger partial charge is 0.478 e. The number of rotatable bonds is 3. The number of carboxylic acid groups (broad SMARTS) is 2. The predicted octanol–water partition coefficient (Wildman–Crippen LogP) is 4.22. The van der Waals surface area contributed by atoms with Crippen LogP contribution in [0, 0.1) is 12.8 Å². The van der Waals surface area contributed by atoms with Gasteiger partial charge in [-0.3, -0.25) is 0 Å². The summed E-state index contributed by atoms with van der Waals surface area (Å²) in [6.45, 7) is 1.83. The van der Waals surface area contributed by atoms with Crippen LogP contribution < -0.4 is 5.32 Å². The van der Waals surface area contributed by atoms with Gasteiger partial charge in [-0.25, -0.2) is 9.59 Å². The zero-order valence-corrected chi connectivity index (χ0v) is 14.3. The maximum atomic E-state index is 11.5. The summed E-state index contributed by atoms with van der Waals surface area (Å²) in [4.78, 5) is 22.6. The normalized spacial score (nSPS) is 23.0. The molecule has 3 N–H and O–H groups in total. The monoisotopic (exact) mass is 349 g/mol. The Labute approximate surface area is 151 Å². The number of anilines is 1. The SMILES string of the molecule is Cc1c(C(=O)O)ccc2c1N[C@@H](c1ccc(C(=O)O)cc1)[C@H]1CC=C[C@@H]21. The highest BCUT2D eigenvalue weighted by Gasteiger charge is 2.38. The van der Waals surface area contributed by atoms with E-state index in [0.717, 1.165) is 28.8 Å². The Hall–Kier alpha value is -3.08. The van der Waals surface area contributed by atoms with Gasteiger partial charge in [0.15, 0.2) is 0 Å². The van der Waals surface area contributed by atoms with Crippen molar-refractivity contribution in [2.75, 3.05) is 5.32 Å². The van der Waals surface area contributed by atoms with Crippen molar-refractivity contribution in [3.8, 4) is 0 Å². The molecule has 4 rings (SSSR count). The number of allylic oxidation sites excluding steroid dienone is 2. The molecule has 132 valence electrons. The number of carboxylic acids is 2. The fraction of sp³-hybridized carbons (Fsp3) is 0.238. The lowest BCUT2D eigenvalue weighted by Crippen LogP contribution is -2.30. The van der Waals surface area contributed by atoms with Crippen molar-refractivity contribution in [3.05, 3.63) is 76.4 Å². The molecule has 2 aromatic carbocycles. The van der Waals surface area contributed by atoms with E-state index >= 15 is 0 Å². The molecule has 1 aliphatic carbocycles. The van der Waals surface area contributed by atoms with Crippen molar-refractivity contribution < 1.29 is 19.8 Å². The topological polar surface area (TPSA) is 86.6 Å². The molecule has 2 aliphatic rings. The Bertz CT molecular complexity index is 930. The lowest BCUT2D eigenvalue weighted by molar-refractivity contribution is 0.0685. The first-order valence-corrected chi connectivity index (χ1v) is 8.60. The summed E-state index contributed by atoms with van der Waals surface area (Å²) in [6, 6.07) is 10.5. The third kappa shape index (κ3) is 2.47. The maximum Gasteiger partial charge on any atom is 0.336 e. The predicted molar refractivity (Wildman–Crippen MR) is 97.9 cm³/mol. The van der Waals surface area contributed by atoms with Gasteiger partial charge in [0.25, 0.3) is 0 Å². The first-order chi connectivity index (χ1) is 12.5. The van der Waals surface area contributed by atoms with Crippen molar-refractivity contribution in [1.82, 2.24) is 0 Å². The Kier molecular flexibility index (Phi) is 3.80. The second-order valence-corrected chi connectivity index (χ2v) is 6.91. The highest BCUT2D eigenvalue weighted by molar-refractivity contribution is 5.92. The van der Waals surface area contributed by atoms with E-state index in [1.807, 2.05) is 25.1 Å². The summed E-state index contributed by atoms with van der Waals surface area (Å²) < 4.78 is 0. The molecule has 0 unspecified atom stereocenters. The fourth-order valence-corrected chi connectivity index (χ4v) is 4.21. The zero-order valence-electron chi connectivity index (χ0n) is 14.3. The van der Waals surface area contributed by atoms with Gasteiger partial charge >= 0.3 is 11.9 Å². The summed E-state index contributed by atoms with van der Waals surface area (Å²) in [7, 11) is 0. The minimum Gasteiger partial charge on any atom is -0.478 e. The lowest BCUT2D eigenvalue weighted by Gasteiger charge is -2.38. The number of fused-ring (bicyclic) bond motifs is 3. The van der Waals surface area contributed by atoms with Crippen molar-refractivity contribution in [2.24, 2.45) is 5.92 Å². The highest BCUT2D eigenvalue weighted by Crippen LogP contribution is 2.50. The lowest BCUT2D eigenvalue weighted by atomic mass is 9.76. The molecule has 0 aromatic heterocycles. The van der Waals surface area contributed by atoms with Crippen LogP contribution in [0.3, 0.4) is 0 Å². The second-order valence-electron chi connectivity index (χ2n) is 6.91. The summed E-state index contributed by atoms with van der Waals surface area (Å²) in [5, 5.41) is 22.1. The molecule has 2 aromatic rings. The minimum absolute atomic E-state index is 0.00749. The highest BCUT2D eigenvalue weighted by atomic mass is 16.4. The smallest absolute Gasteiger partial charge is 0.336 e. The van der Waals surface area contributed by atoms with Crippen molar-refractivity contribution >= 4 is 17.6 Å². The molecule has 0 spiro atoms. The van der Waals surface area contributed by atoms with Gasteiger partial charge in [-0.2, -0.15) is 0 Å². The van der Waals surface area contributed by atoms with Crippen molar-refractivity contribution in [3.63, 3.8) is 0 Å². The molecular weight excluding hydrogens is 330 g/mol. The number of benzene rings is 2. The van der Waals surface area contributed by atoms with Gasteiger partial charge in [0.2, 0.25) is 0 Å². The quantitative estimate of drug-likeness (QED) is 0.722. The third-order valence-electron chi connectivity index (χ3n) is 5.54. The van der Waals surface area contributed by atoms with Gasteiger partial charge in [-0.05, 0) is 54.2 Å². The molecule has 0 saturated carbocycles. The van der Waals surface area contributed by atoms with Crippen molar-refractivity contribution in [1.29, 1.82) is 0 Å². The van der Waals surface area contributed by atoms with Crippen LogP contribution in [0.15, 0.2) is 48.6 Å². The summed E-state index contributed by atoms with van der Waals surface area (Å²) >= 11 is 0. The van der Waals surface area contributed by atoms with E-state index in [2.05, 4.69) is 17.5 Å². The average molecular weight is 349 g/mol. The molecule has 1 heterocycles. The van der Waals surface area contributed by atoms with Crippen LogP contribution in [-0.2, 0) is 0 Å². The van der Waals surface area contributed by atoms with Crippen LogP contribution in [0.25, 0.3) is 0 Å². The van der Waals surface area contributed by atoms with Gasteiger partial charge in [0.05, 0.1) is 17.2 Å². The molecule has 0 radical (unpaired) electrons.